The zero-order chi connectivity index (χ0) is 21.3. The molecule has 0 heterocycles. The fraction of sp³-hybridized carbons (Fsp3) is 0.958. The van der Waals surface area contributed by atoms with Crippen molar-refractivity contribution in [1.82, 2.24) is 0 Å². The molecule has 0 fully saturated rings. The minimum atomic E-state index is -0.970. The van der Waals surface area contributed by atoms with Gasteiger partial charge in [0, 0.05) is 0 Å². The first-order chi connectivity index (χ1) is 13.5. The van der Waals surface area contributed by atoms with Gasteiger partial charge in [-0.3, -0.25) is 0 Å². The SMILES string of the molecule is CCCCC(CC)COOC(CC)(CCCC)C(=O)OCC(CC)CCCC. The number of ether oxygens (including phenoxy) is 1. The maximum absolute atomic E-state index is 13.0. The van der Waals surface area contributed by atoms with Gasteiger partial charge in [-0.05, 0) is 37.5 Å². The number of carbonyl (C=O) groups excluding carboxylic acids is 1. The largest absolute Gasteiger partial charge is 0.463 e. The first kappa shape index (κ1) is 27.4. The van der Waals surface area contributed by atoms with Gasteiger partial charge in [0.2, 0.25) is 0 Å². The number of unbranched alkanes of at least 4 members (excludes halogenated alkanes) is 3. The molecular formula is C24H48O4. The van der Waals surface area contributed by atoms with E-state index >= 15 is 0 Å². The van der Waals surface area contributed by atoms with Crippen LogP contribution in [0.2, 0.25) is 0 Å². The van der Waals surface area contributed by atoms with E-state index in [1.54, 1.807) is 0 Å². The number of carbonyl (C=O) groups is 1. The molecule has 0 rings (SSSR count). The standard InChI is InChI=1S/C24H48O4/c1-7-13-16-21(10-4)19-26-23(25)24(12-6,18-15-9-3)28-27-20-22(11-5)17-14-8-2/h21-22H,7-20H2,1-6H3. The molecule has 0 N–H and O–H groups in total. The van der Waals surface area contributed by atoms with Crippen molar-refractivity contribution in [3.63, 3.8) is 0 Å². The van der Waals surface area contributed by atoms with E-state index in [4.69, 9.17) is 14.5 Å². The molecule has 0 aliphatic carbocycles. The van der Waals surface area contributed by atoms with Crippen LogP contribution < -0.4 is 0 Å². The highest BCUT2D eigenvalue weighted by Gasteiger charge is 2.41. The van der Waals surface area contributed by atoms with Gasteiger partial charge in [-0.1, -0.05) is 92.9 Å². The molecule has 0 saturated heterocycles. The first-order valence-corrected chi connectivity index (χ1v) is 12.0. The molecule has 168 valence electrons. The average molecular weight is 401 g/mol. The van der Waals surface area contributed by atoms with Gasteiger partial charge >= 0.3 is 5.97 Å². The van der Waals surface area contributed by atoms with E-state index in [9.17, 15) is 4.79 Å². The predicted octanol–water partition coefficient (Wildman–Crippen LogP) is 7.25. The fourth-order valence-corrected chi connectivity index (χ4v) is 3.38. The Morgan fingerprint density at radius 1 is 0.786 bits per heavy atom. The van der Waals surface area contributed by atoms with Crippen LogP contribution in [0.15, 0.2) is 0 Å². The third-order valence-electron chi connectivity index (χ3n) is 5.94. The molecule has 0 aromatic heterocycles. The van der Waals surface area contributed by atoms with Crippen LogP contribution >= 0.6 is 0 Å². The molecule has 3 unspecified atom stereocenters. The van der Waals surface area contributed by atoms with Gasteiger partial charge in [0.05, 0.1) is 13.2 Å². The Kier molecular flexibility index (Phi) is 16.9. The summed E-state index contributed by atoms with van der Waals surface area (Å²) in [5.41, 5.74) is -0.970. The summed E-state index contributed by atoms with van der Waals surface area (Å²) in [5.74, 6) is 0.666. The van der Waals surface area contributed by atoms with Crippen molar-refractivity contribution in [1.29, 1.82) is 0 Å². The number of hydrogen-bond donors (Lipinski definition) is 0. The lowest BCUT2D eigenvalue weighted by atomic mass is 9.93. The van der Waals surface area contributed by atoms with E-state index in [1.165, 1.54) is 25.7 Å². The molecule has 0 aromatic carbocycles. The Balaban J connectivity index is 4.83. The molecule has 0 bridgehead atoms. The number of hydrogen-bond acceptors (Lipinski definition) is 4. The summed E-state index contributed by atoms with van der Waals surface area (Å²) < 4.78 is 5.75. The molecule has 4 heteroatoms. The van der Waals surface area contributed by atoms with Gasteiger partial charge < -0.3 is 4.74 Å². The van der Waals surface area contributed by atoms with Crippen molar-refractivity contribution in [2.24, 2.45) is 11.8 Å². The summed E-state index contributed by atoms with van der Waals surface area (Å²) in [5, 5.41) is 0. The molecule has 0 amide bonds. The second-order valence-corrected chi connectivity index (χ2v) is 8.25. The summed E-state index contributed by atoms with van der Waals surface area (Å²) in [6.07, 6.45) is 12.3. The van der Waals surface area contributed by atoms with Crippen LogP contribution in [0.1, 0.15) is 119 Å². The molecule has 0 aromatic rings. The first-order valence-electron chi connectivity index (χ1n) is 12.0. The van der Waals surface area contributed by atoms with Gasteiger partial charge in [-0.2, -0.15) is 0 Å². The van der Waals surface area contributed by atoms with Gasteiger partial charge in [-0.25, -0.2) is 14.6 Å². The predicted molar refractivity (Wildman–Crippen MR) is 117 cm³/mol. The normalized spacial score (nSPS) is 15.8. The molecular weight excluding hydrogens is 352 g/mol. The number of esters is 1. The maximum atomic E-state index is 13.0. The highest BCUT2D eigenvalue weighted by Crippen LogP contribution is 2.27. The molecule has 0 aliphatic heterocycles. The van der Waals surface area contributed by atoms with Gasteiger partial charge in [0.15, 0.2) is 5.60 Å². The quantitative estimate of drug-likeness (QED) is 0.130. The fourth-order valence-electron chi connectivity index (χ4n) is 3.38. The van der Waals surface area contributed by atoms with Crippen molar-refractivity contribution in [3.05, 3.63) is 0 Å². The summed E-state index contributed by atoms with van der Waals surface area (Å²) in [6.45, 7) is 13.9. The van der Waals surface area contributed by atoms with Crippen LogP contribution in [0, 0.1) is 11.8 Å². The second-order valence-electron chi connectivity index (χ2n) is 8.25. The maximum Gasteiger partial charge on any atom is 0.341 e. The molecule has 4 nitrogen and oxygen atoms in total. The molecule has 0 spiro atoms. The van der Waals surface area contributed by atoms with E-state index in [2.05, 4.69) is 34.6 Å². The van der Waals surface area contributed by atoms with E-state index in [0.29, 0.717) is 37.9 Å². The smallest absolute Gasteiger partial charge is 0.341 e. The summed E-state index contributed by atoms with van der Waals surface area (Å²) >= 11 is 0. The molecule has 0 aliphatic rings. The molecule has 0 saturated carbocycles. The van der Waals surface area contributed by atoms with E-state index in [-0.39, 0.29) is 5.97 Å². The molecule has 3 atom stereocenters. The Morgan fingerprint density at radius 2 is 1.32 bits per heavy atom. The van der Waals surface area contributed by atoms with Crippen LogP contribution in [-0.4, -0.2) is 24.8 Å². The minimum absolute atomic E-state index is 0.250. The van der Waals surface area contributed by atoms with Crippen LogP contribution in [-0.2, 0) is 19.3 Å². The van der Waals surface area contributed by atoms with Crippen molar-refractivity contribution in [2.45, 2.75) is 124 Å². The van der Waals surface area contributed by atoms with Crippen molar-refractivity contribution in [2.75, 3.05) is 13.2 Å². The van der Waals surface area contributed by atoms with E-state index < -0.39 is 5.60 Å². The van der Waals surface area contributed by atoms with Crippen molar-refractivity contribution >= 4 is 5.97 Å². The zero-order valence-corrected chi connectivity index (χ0v) is 19.7. The zero-order valence-electron chi connectivity index (χ0n) is 19.7. The van der Waals surface area contributed by atoms with Crippen LogP contribution in [0.4, 0.5) is 0 Å². The van der Waals surface area contributed by atoms with Crippen molar-refractivity contribution in [3.8, 4) is 0 Å². The van der Waals surface area contributed by atoms with Crippen LogP contribution in [0.5, 0.6) is 0 Å². The lowest BCUT2D eigenvalue weighted by Crippen LogP contribution is -2.43. The Labute approximate surface area is 175 Å². The highest BCUT2D eigenvalue weighted by atomic mass is 17.2. The number of rotatable bonds is 19. The van der Waals surface area contributed by atoms with E-state index in [0.717, 1.165) is 38.5 Å². The van der Waals surface area contributed by atoms with Gasteiger partial charge in [0.1, 0.15) is 0 Å². The topological polar surface area (TPSA) is 44.8 Å². The molecule has 28 heavy (non-hydrogen) atoms. The second kappa shape index (κ2) is 17.3. The summed E-state index contributed by atoms with van der Waals surface area (Å²) in [4.78, 5) is 24.5. The highest BCUT2D eigenvalue weighted by molar-refractivity contribution is 5.79. The van der Waals surface area contributed by atoms with Crippen LogP contribution in [0.3, 0.4) is 0 Å². The van der Waals surface area contributed by atoms with Crippen LogP contribution in [0.25, 0.3) is 0 Å². The summed E-state index contributed by atoms with van der Waals surface area (Å²) in [6, 6.07) is 0. The lowest BCUT2D eigenvalue weighted by Gasteiger charge is -2.30. The molecule has 0 radical (unpaired) electrons. The minimum Gasteiger partial charge on any atom is -0.463 e. The third kappa shape index (κ3) is 10.8. The Morgan fingerprint density at radius 3 is 1.79 bits per heavy atom. The van der Waals surface area contributed by atoms with Crippen molar-refractivity contribution < 1.29 is 19.3 Å². The third-order valence-corrected chi connectivity index (χ3v) is 5.94. The van der Waals surface area contributed by atoms with Gasteiger partial charge in [0.25, 0.3) is 0 Å². The van der Waals surface area contributed by atoms with Gasteiger partial charge in [-0.15, -0.1) is 0 Å². The average Bonchev–Trinajstić information content (AvgIpc) is 2.72. The Hall–Kier alpha value is -0.610. The summed E-state index contributed by atoms with van der Waals surface area (Å²) in [7, 11) is 0. The van der Waals surface area contributed by atoms with E-state index in [1.807, 2.05) is 6.92 Å². The lowest BCUT2D eigenvalue weighted by molar-refractivity contribution is -0.362. The Bertz CT molecular complexity index is 372. The monoisotopic (exact) mass is 400 g/mol.